The minimum absolute atomic E-state index is 0.0774. The van der Waals surface area contributed by atoms with Gasteiger partial charge in [-0.25, -0.2) is 0 Å². The van der Waals surface area contributed by atoms with E-state index in [0.717, 1.165) is 19.1 Å². The maximum Gasteiger partial charge on any atom is 0.160 e. The van der Waals surface area contributed by atoms with Crippen molar-refractivity contribution in [1.29, 1.82) is 0 Å². The third-order valence-corrected chi connectivity index (χ3v) is 4.66. The molecule has 2 nitrogen and oxygen atoms in total. The van der Waals surface area contributed by atoms with E-state index in [9.17, 15) is 0 Å². The van der Waals surface area contributed by atoms with Gasteiger partial charge in [0, 0.05) is 11.8 Å². The van der Waals surface area contributed by atoms with Gasteiger partial charge in [-0.05, 0) is 38.5 Å². The fraction of sp³-hybridized carbons (Fsp3) is 0.882. The van der Waals surface area contributed by atoms with Gasteiger partial charge in [-0.2, -0.15) is 0 Å². The molecule has 0 radical (unpaired) electrons. The molecule has 0 aromatic heterocycles. The summed E-state index contributed by atoms with van der Waals surface area (Å²) < 4.78 is 11.9. The first-order valence-electron chi connectivity index (χ1n) is 8.19. The van der Waals surface area contributed by atoms with Crippen LogP contribution in [0.5, 0.6) is 0 Å². The molecule has 19 heavy (non-hydrogen) atoms. The van der Waals surface area contributed by atoms with E-state index in [-0.39, 0.29) is 6.29 Å². The van der Waals surface area contributed by atoms with Crippen molar-refractivity contribution in [3.05, 3.63) is 12.2 Å². The Morgan fingerprint density at radius 3 is 2.32 bits per heavy atom. The van der Waals surface area contributed by atoms with Gasteiger partial charge < -0.3 is 9.47 Å². The van der Waals surface area contributed by atoms with Gasteiger partial charge in [0.15, 0.2) is 6.29 Å². The smallest absolute Gasteiger partial charge is 0.160 e. The van der Waals surface area contributed by atoms with Crippen molar-refractivity contribution in [3.8, 4) is 0 Å². The Bertz CT molecular complexity index is 258. The molecule has 0 aromatic carbocycles. The fourth-order valence-electron chi connectivity index (χ4n) is 3.43. The third-order valence-electron chi connectivity index (χ3n) is 4.66. The van der Waals surface area contributed by atoms with E-state index in [1.54, 1.807) is 0 Å². The molecule has 0 aromatic rings. The molecule has 0 spiro atoms. The van der Waals surface area contributed by atoms with Crippen molar-refractivity contribution in [2.75, 3.05) is 13.2 Å². The van der Waals surface area contributed by atoms with Crippen LogP contribution in [0.1, 0.15) is 58.8 Å². The summed E-state index contributed by atoms with van der Waals surface area (Å²) in [5, 5.41) is 0. The minimum Gasteiger partial charge on any atom is -0.352 e. The van der Waals surface area contributed by atoms with Crippen molar-refractivity contribution >= 4 is 0 Å². The SMILES string of the molecule is CC=C[C@H]1CO[C@H]([C@H]2CC[C@H](CCCC)CC2)OC1. The summed E-state index contributed by atoms with van der Waals surface area (Å²) >= 11 is 0. The summed E-state index contributed by atoms with van der Waals surface area (Å²) in [5.41, 5.74) is 0. The Morgan fingerprint density at radius 1 is 1.05 bits per heavy atom. The molecule has 1 saturated carbocycles. The van der Waals surface area contributed by atoms with Crippen molar-refractivity contribution < 1.29 is 9.47 Å². The average Bonchev–Trinajstić information content (AvgIpc) is 2.47. The molecule has 1 heterocycles. The molecule has 0 amide bonds. The number of hydrogen-bond donors (Lipinski definition) is 0. The van der Waals surface area contributed by atoms with Crippen LogP contribution in [-0.4, -0.2) is 19.5 Å². The molecule has 2 rings (SSSR count). The first-order valence-corrected chi connectivity index (χ1v) is 8.19. The zero-order chi connectivity index (χ0) is 13.5. The Morgan fingerprint density at radius 2 is 1.74 bits per heavy atom. The molecule has 0 atom stereocenters. The zero-order valence-electron chi connectivity index (χ0n) is 12.6. The van der Waals surface area contributed by atoms with E-state index in [1.165, 1.54) is 44.9 Å². The first-order chi connectivity index (χ1) is 9.33. The molecule has 1 saturated heterocycles. The number of ether oxygens (including phenoxy) is 2. The minimum atomic E-state index is 0.0774. The maximum absolute atomic E-state index is 5.93. The lowest BCUT2D eigenvalue weighted by atomic mass is 9.79. The average molecular weight is 266 g/mol. The van der Waals surface area contributed by atoms with Crippen LogP contribution in [0, 0.1) is 17.8 Å². The van der Waals surface area contributed by atoms with E-state index in [4.69, 9.17) is 9.47 Å². The summed E-state index contributed by atoms with van der Waals surface area (Å²) in [6.45, 7) is 6.02. The Labute approximate surface area is 118 Å². The van der Waals surface area contributed by atoms with Crippen LogP contribution in [0.25, 0.3) is 0 Å². The van der Waals surface area contributed by atoms with Gasteiger partial charge in [-0.15, -0.1) is 0 Å². The van der Waals surface area contributed by atoms with Gasteiger partial charge in [0.2, 0.25) is 0 Å². The molecule has 0 N–H and O–H groups in total. The molecule has 0 bridgehead atoms. The molecular weight excluding hydrogens is 236 g/mol. The van der Waals surface area contributed by atoms with Crippen molar-refractivity contribution in [2.24, 2.45) is 17.8 Å². The van der Waals surface area contributed by atoms with Crippen LogP contribution in [0.2, 0.25) is 0 Å². The number of hydrogen-bond acceptors (Lipinski definition) is 2. The molecule has 110 valence electrons. The van der Waals surface area contributed by atoms with Crippen LogP contribution in [0.15, 0.2) is 12.2 Å². The van der Waals surface area contributed by atoms with Gasteiger partial charge in [0.25, 0.3) is 0 Å². The highest BCUT2D eigenvalue weighted by atomic mass is 16.7. The van der Waals surface area contributed by atoms with E-state index >= 15 is 0 Å². The number of unbranched alkanes of at least 4 members (excludes halogenated alkanes) is 1. The molecule has 1 aliphatic carbocycles. The standard InChI is InChI=1S/C17H30O2/c1-3-5-7-14-8-10-16(11-9-14)17-18-12-15(6-4-2)13-19-17/h4,6,14-17H,3,5,7-13H2,1-2H3/t14-,15-,16-,17-. The first kappa shape index (κ1) is 15.1. The Balaban J connectivity index is 1.68. The second-order valence-electron chi connectivity index (χ2n) is 6.24. The van der Waals surface area contributed by atoms with Crippen LogP contribution >= 0.6 is 0 Å². The summed E-state index contributed by atoms with van der Waals surface area (Å²) in [4.78, 5) is 0. The monoisotopic (exact) mass is 266 g/mol. The quantitative estimate of drug-likeness (QED) is 0.680. The van der Waals surface area contributed by atoms with Gasteiger partial charge in [0.05, 0.1) is 13.2 Å². The van der Waals surface area contributed by atoms with E-state index < -0.39 is 0 Å². The largest absolute Gasteiger partial charge is 0.352 e. The van der Waals surface area contributed by atoms with Crippen LogP contribution < -0.4 is 0 Å². The van der Waals surface area contributed by atoms with E-state index in [2.05, 4.69) is 26.0 Å². The predicted molar refractivity (Wildman–Crippen MR) is 79.0 cm³/mol. The third kappa shape index (κ3) is 4.61. The van der Waals surface area contributed by atoms with Gasteiger partial charge in [-0.1, -0.05) is 38.3 Å². The van der Waals surface area contributed by atoms with Crippen LogP contribution in [-0.2, 0) is 9.47 Å². The lowest BCUT2D eigenvalue weighted by Crippen LogP contribution is -2.38. The summed E-state index contributed by atoms with van der Waals surface area (Å²) in [6, 6.07) is 0. The van der Waals surface area contributed by atoms with Crippen molar-refractivity contribution in [2.45, 2.75) is 65.1 Å². The normalized spacial score (nSPS) is 36.7. The second kappa shape index (κ2) is 8.06. The molecular formula is C17H30O2. The zero-order valence-corrected chi connectivity index (χ0v) is 12.6. The van der Waals surface area contributed by atoms with Crippen molar-refractivity contribution in [3.63, 3.8) is 0 Å². The Kier molecular flexibility index (Phi) is 6.39. The molecule has 0 unspecified atom stereocenters. The summed E-state index contributed by atoms with van der Waals surface area (Å²) in [6.07, 6.45) is 13.9. The molecule has 1 aliphatic heterocycles. The fourth-order valence-corrected chi connectivity index (χ4v) is 3.43. The van der Waals surface area contributed by atoms with E-state index in [1.807, 2.05) is 0 Å². The lowest BCUT2D eigenvalue weighted by Gasteiger charge is -2.37. The second-order valence-corrected chi connectivity index (χ2v) is 6.24. The number of rotatable bonds is 5. The lowest BCUT2D eigenvalue weighted by molar-refractivity contribution is -0.223. The predicted octanol–water partition coefficient (Wildman–Crippen LogP) is 4.55. The Hall–Kier alpha value is -0.340. The van der Waals surface area contributed by atoms with Crippen molar-refractivity contribution in [1.82, 2.24) is 0 Å². The summed E-state index contributed by atoms with van der Waals surface area (Å²) in [7, 11) is 0. The van der Waals surface area contributed by atoms with E-state index in [0.29, 0.717) is 11.8 Å². The highest BCUT2D eigenvalue weighted by molar-refractivity contribution is 4.87. The highest BCUT2D eigenvalue weighted by Crippen LogP contribution is 2.35. The highest BCUT2D eigenvalue weighted by Gasteiger charge is 2.31. The van der Waals surface area contributed by atoms with Gasteiger partial charge in [0.1, 0.15) is 0 Å². The summed E-state index contributed by atoms with van der Waals surface area (Å²) in [5.74, 6) is 2.07. The maximum atomic E-state index is 5.93. The van der Waals surface area contributed by atoms with Gasteiger partial charge in [-0.3, -0.25) is 0 Å². The molecule has 2 heteroatoms. The topological polar surface area (TPSA) is 18.5 Å². The van der Waals surface area contributed by atoms with Crippen LogP contribution in [0.4, 0.5) is 0 Å². The van der Waals surface area contributed by atoms with Gasteiger partial charge >= 0.3 is 0 Å². The molecule has 2 fully saturated rings. The van der Waals surface area contributed by atoms with Crippen LogP contribution in [0.3, 0.4) is 0 Å². The number of allylic oxidation sites excluding steroid dienone is 1. The molecule has 2 aliphatic rings.